The van der Waals surface area contributed by atoms with Crippen LogP contribution < -0.4 is 9.47 Å². The fraction of sp³-hybridized carbons (Fsp3) is 0.238. The lowest BCUT2D eigenvalue weighted by Crippen LogP contribution is -2.27. The van der Waals surface area contributed by atoms with Gasteiger partial charge in [-0.05, 0) is 77.5 Å². The Balaban J connectivity index is 1.85. The lowest BCUT2D eigenvalue weighted by atomic mass is 10.1. The van der Waals surface area contributed by atoms with Crippen LogP contribution in [0.2, 0.25) is 0 Å². The minimum atomic E-state index is -0.258. The van der Waals surface area contributed by atoms with Crippen molar-refractivity contribution >= 4 is 51.6 Å². The lowest BCUT2D eigenvalue weighted by molar-refractivity contribution is -0.122. The summed E-state index contributed by atoms with van der Waals surface area (Å²) in [4.78, 5) is 25.8. The molecule has 0 aromatic heterocycles. The molecule has 1 aliphatic rings. The maximum atomic E-state index is 12.3. The van der Waals surface area contributed by atoms with Crippen molar-refractivity contribution < 1.29 is 19.1 Å². The van der Waals surface area contributed by atoms with Gasteiger partial charge in [0.1, 0.15) is 6.61 Å². The summed E-state index contributed by atoms with van der Waals surface area (Å²) in [5.74, 6) is 0.982. The molecule has 0 unspecified atom stereocenters. The van der Waals surface area contributed by atoms with E-state index < -0.39 is 0 Å². The average Bonchev–Trinajstić information content (AvgIpc) is 2.93. The Kier molecular flexibility index (Phi) is 6.66. The Hall–Kier alpha value is -2.00. The number of amides is 2. The first-order chi connectivity index (χ1) is 13.4. The smallest absolute Gasteiger partial charge is 0.293 e. The molecule has 0 N–H and O–H groups in total. The van der Waals surface area contributed by atoms with Crippen molar-refractivity contribution in [3.63, 3.8) is 0 Å². The maximum absolute atomic E-state index is 12.3. The van der Waals surface area contributed by atoms with E-state index in [9.17, 15) is 9.59 Å². The van der Waals surface area contributed by atoms with Crippen LogP contribution in [-0.4, -0.2) is 29.7 Å². The number of aryl methyl sites for hydroxylation is 1. The summed E-state index contributed by atoms with van der Waals surface area (Å²) < 4.78 is 12.4. The number of carbonyl (C=O) groups is 2. The van der Waals surface area contributed by atoms with Crippen molar-refractivity contribution in [2.45, 2.75) is 20.5 Å². The van der Waals surface area contributed by atoms with Crippen molar-refractivity contribution in [3.8, 4) is 11.5 Å². The first-order valence-corrected chi connectivity index (χ1v) is 10.6. The molecule has 7 heteroatoms. The van der Waals surface area contributed by atoms with Crippen molar-refractivity contribution in [3.05, 3.63) is 61.6 Å². The number of thioether (sulfide) groups is 1. The second-order valence-electron chi connectivity index (χ2n) is 6.24. The van der Waals surface area contributed by atoms with E-state index in [0.717, 1.165) is 26.5 Å². The van der Waals surface area contributed by atoms with Crippen LogP contribution in [-0.2, 0) is 11.4 Å². The molecule has 0 bridgehead atoms. The SMILES string of the molecule is CCN1C(=O)S/C(=C/c2cc(I)c(OCc3cccc(C)c3)c(OC)c2)C1=O. The zero-order chi connectivity index (χ0) is 20.3. The molecule has 0 spiro atoms. The van der Waals surface area contributed by atoms with Crippen molar-refractivity contribution in [2.24, 2.45) is 0 Å². The molecule has 5 nitrogen and oxygen atoms in total. The van der Waals surface area contributed by atoms with Crippen molar-refractivity contribution in [1.29, 1.82) is 0 Å². The number of nitrogens with zero attached hydrogens (tertiary/aromatic N) is 1. The number of rotatable bonds is 6. The van der Waals surface area contributed by atoms with E-state index in [2.05, 4.69) is 28.7 Å². The zero-order valence-electron chi connectivity index (χ0n) is 15.8. The van der Waals surface area contributed by atoms with Crippen LogP contribution in [0.4, 0.5) is 4.79 Å². The van der Waals surface area contributed by atoms with E-state index >= 15 is 0 Å². The van der Waals surface area contributed by atoms with Gasteiger partial charge in [0.2, 0.25) is 0 Å². The molecule has 146 valence electrons. The highest BCUT2D eigenvalue weighted by molar-refractivity contribution is 14.1. The van der Waals surface area contributed by atoms with Gasteiger partial charge in [0.25, 0.3) is 11.1 Å². The van der Waals surface area contributed by atoms with Crippen LogP contribution in [0.25, 0.3) is 6.08 Å². The molecular weight excluding hydrogens is 489 g/mol. The number of benzene rings is 2. The van der Waals surface area contributed by atoms with E-state index in [1.165, 1.54) is 10.5 Å². The Labute approximate surface area is 182 Å². The third kappa shape index (κ3) is 4.52. The third-order valence-electron chi connectivity index (χ3n) is 4.21. The minimum Gasteiger partial charge on any atom is -0.493 e. The van der Waals surface area contributed by atoms with Crippen LogP contribution >= 0.6 is 34.4 Å². The fourth-order valence-electron chi connectivity index (χ4n) is 2.84. The first kappa shape index (κ1) is 20.7. The van der Waals surface area contributed by atoms with Gasteiger partial charge in [-0.3, -0.25) is 14.5 Å². The third-order valence-corrected chi connectivity index (χ3v) is 5.91. The number of hydrogen-bond acceptors (Lipinski definition) is 5. The molecule has 28 heavy (non-hydrogen) atoms. The van der Waals surface area contributed by atoms with Crippen LogP contribution in [0, 0.1) is 10.5 Å². The molecule has 1 fully saturated rings. The van der Waals surface area contributed by atoms with Gasteiger partial charge in [-0.2, -0.15) is 0 Å². The summed E-state index contributed by atoms with van der Waals surface area (Å²) in [5.41, 5.74) is 3.04. The Morgan fingerprint density at radius 2 is 2.00 bits per heavy atom. The van der Waals surface area contributed by atoms with Gasteiger partial charge in [0.15, 0.2) is 11.5 Å². The van der Waals surface area contributed by atoms with E-state index in [0.29, 0.717) is 29.6 Å². The topological polar surface area (TPSA) is 55.8 Å². The molecule has 3 rings (SSSR count). The van der Waals surface area contributed by atoms with Crippen molar-refractivity contribution in [1.82, 2.24) is 4.90 Å². The van der Waals surface area contributed by atoms with Gasteiger partial charge in [0, 0.05) is 6.54 Å². The van der Waals surface area contributed by atoms with Crippen molar-refractivity contribution in [2.75, 3.05) is 13.7 Å². The Morgan fingerprint density at radius 3 is 2.64 bits per heavy atom. The van der Waals surface area contributed by atoms with Crippen LogP contribution in [0.3, 0.4) is 0 Å². The highest BCUT2D eigenvalue weighted by Crippen LogP contribution is 2.37. The monoisotopic (exact) mass is 509 g/mol. The summed E-state index contributed by atoms with van der Waals surface area (Å²) in [6.45, 7) is 4.63. The molecule has 0 radical (unpaired) electrons. The van der Waals surface area contributed by atoms with E-state index in [1.807, 2.05) is 37.3 Å². The molecule has 1 saturated heterocycles. The van der Waals surface area contributed by atoms with Gasteiger partial charge in [0.05, 0.1) is 15.6 Å². The minimum absolute atomic E-state index is 0.237. The second-order valence-corrected chi connectivity index (χ2v) is 8.39. The lowest BCUT2D eigenvalue weighted by Gasteiger charge is -2.14. The highest BCUT2D eigenvalue weighted by Gasteiger charge is 2.33. The summed E-state index contributed by atoms with van der Waals surface area (Å²) in [5, 5.41) is -0.237. The highest BCUT2D eigenvalue weighted by atomic mass is 127. The van der Waals surface area contributed by atoms with Gasteiger partial charge in [-0.25, -0.2) is 0 Å². The Morgan fingerprint density at radius 1 is 1.21 bits per heavy atom. The predicted molar refractivity (Wildman–Crippen MR) is 120 cm³/mol. The predicted octanol–water partition coefficient (Wildman–Crippen LogP) is 5.24. The number of ether oxygens (including phenoxy) is 2. The second kappa shape index (κ2) is 9.00. The maximum Gasteiger partial charge on any atom is 0.293 e. The fourth-order valence-corrected chi connectivity index (χ4v) is 4.53. The Bertz CT molecular complexity index is 957. The van der Waals surface area contributed by atoms with E-state index in [1.54, 1.807) is 20.1 Å². The van der Waals surface area contributed by atoms with Crippen LogP contribution in [0.15, 0.2) is 41.3 Å². The summed E-state index contributed by atoms with van der Waals surface area (Å²) in [6, 6.07) is 11.9. The normalized spacial score (nSPS) is 15.4. The number of hydrogen-bond donors (Lipinski definition) is 0. The average molecular weight is 509 g/mol. The number of likely N-dealkylation sites (N-methyl/N-ethyl adjacent to an activating group) is 1. The molecule has 2 aromatic carbocycles. The van der Waals surface area contributed by atoms with Gasteiger partial charge in [-0.1, -0.05) is 29.8 Å². The number of halogens is 1. The number of carbonyl (C=O) groups excluding carboxylic acids is 2. The molecule has 1 heterocycles. The van der Waals surface area contributed by atoms with Gasteiger partial charge < -0.3 is 9.47 Å². The summed E-state index contributed by atoms with van der Waals surface area (Å²) in [7, 11) is 1.58. The zero-order valence-corrected chi connectivity index (χ0v) is 18.8. The van der Waals surface area contributed by atoms with Gasteiger partial charge in [-0.15, -0.1) is 0 Å². The summed E-state index contributed by atoms with van der Waals surface area (Å²) in [6.07, 6.45) is 1.72. The molecule has 2 amide bonds. The molecule has 0 aliphatic carbocycles. The first-order valence-electron chi connectivity index (χ1n) is 8.74. The molecule has 0 atom stereocenters. The standard InChI is InChI=1S/C21H20INO4S/c1-4-23-20(24)18(28-21(23)25)11-15-9-16(22)19(17(10-15)26-3)27-12-14-7-5-6-13(2)8-14/h5-11H,4,12H2,1-3H3/b18-11+. The largest absolute Gasteiger partial charge is 0.493 e. The van der Waals surface area contributed by atoms with Crippen LogP contribution in [0.5, 0.6) is 11.5 Å². The summed E-state index contributed by atoms with van der Waals surface area (Å²) >= 11 is 3.15. The molecule has 0 saturated carbocycles. The number of methoxy groups -OCH3 is 1. The number of imide groups is 1. The van der Waals surface area contributed by atoms with E-state index in [4.69, 9.17) is 9.47 Å². The molecule has 1 aliphatic heterocycles. The van der Waals surface area contributed by atoms with E-state index in [-0.39, 0.29) is 11.1 Å². The molecule has 2 aromatic rings. The molecular formula is C21H20INO4S. The quantitative estimate of drug-likeness (QED) is 0.394. The van der Waals surface area contributed by atoms with Gasteiger partial charge >= 0.3 is 0 Å². The van der Waals surface area contributed by atoms with Crippen LogP contribution in [0.1, 0.15) is 23.6 Å².